The number of aromatic nitrogens is 1. The van der Waals surface area contributed by atoms with Crippen molar-refractivity contribution >= 4 is 5.91 Å². The van der Waals surface area contributed by atoms with Gasteiger partial charge < -0.3 is 19.1 Å². The number of ether oxygens (including phenoxy) is 3. The van der Waals surface area contributed by atoms with E-state index in [0.29, 0.717) is 17.2 Å². The fraction of sp³-hybridized carbons (Fsp3) is 0.429. The van der Waals surface area contributed by atoms with Gasteiger partial charge in [-0.05, 0) is 43.5 Å². The molecule has 1 atom stereocenters. The summed E-state index contributed by atoms with van der Waals surface area (Å²) in [4.78, 5) is 19.0. The maximum absolute atomic E-state index is 12.8. The van der Waals surface area contributed by atoms with Crippen LogP contribution in [0.25, 0.3) is 0 Å². The molecule has 1 unspecified atom stereocenters. The highest BCUT2D eigenvalue weighted by Gasteiger charge is 2.41. The minimum atomic E-state index is -0.0228. The summed E-state index contributed by atoms with van der Waals surface area (Å²) in [7, 11) is 1.61. The van der Waals surface area contributed by atoms with Gasteiger partial charge in [0.2, 0.25) is 0 Å². The van der Waals surface area contributed by atoms with Crippen LogP contribution in [0.15, 0.2) is 42.6 Å². The zero-order valence-electron chi connectivity index (χ0n) is 15.5. The fourth-order valence-electron chi connectivity index (χ4n) is 3.87. The van der Waals surface area contributed by atoms with Crippen molar-refractivity contribution in [3.05, 3.63) is 48.3 Å². The van der Waals surface area contributed by atoms with Crippen LogP contribution in [0.1, 0.15) is 29.8 Å². The molecular formula is C21H24N2O4. The Morgan fingerprint density at radius 1 is 1.19 bits per heavy atom. The number of amides is 1. The summed E-state index contributed by atoms with van der Waals surface area (Å²) in [5.74, 6) is 1.94. The Bertz CT molecular complexity index is 800. The van der Waals surface area contributed by atoms with Crippen LogP contribution in [0.4, 0.5) is 0 Å². The first-order valence-electron chi connectivity index (χ1n) is 9.32. The maximum Gasteiger partial charge on any atom is 0.272 e. The Hall–Kier alpha value is -2.60. The summed E-state index contributed by atoms with van der Waals surface area (Å²) in [6.07, 6.45) is 4.81. The Morgan fingerprint density at radius 3 is 2.81 bits per heavy atom. The van der Waals surface area contributed by atoms with Crippen molar-refractivity contribution in [1.29, 1.82) is 0 Å². The Kier molecular flexibility index (Phi) is 4.99. The second-order valence-electron chi connectivity index (χ2n) is 7.29. The summed E-state index contributed by atoms with van der Waals surface area (Å²) in [5.41, 5.74) is 0.588. The smallest absolute Gasteiger partial charge is 0.272 e. The summed E-state index contributed by atoms with van der Waals surface area (Å²) in [6, 6.07) is 10.9. The molecule has 142 valence electrons. The lowest BCUT2D eigenvalue weighted by atomic mass is 9.82. The van der Waals surface area contributed by atoms with Crippen molar-refractivity contribution in [1.82, 2.24) is 9.88 Å². The van der Waals surface area contributed by atoms with Crippen molar-refractivity contribution < 1.29 is 19.0 Å². The van der Waals surface area contributed by atoms with Crippen molar-refractivity contribution in [3.8, 4) is 17.2 Å². The van der Waals surface area contributed by atoms with Crippen LogP contribution in [0.3, 0.4) is 0 Å². The van der Waals surface area contributed by atoms with Crippen LogP contribution in [0.5, 0.6) is 17.2 Å². The standard InChI is InChI=1S/C21H24N2O4/c1-25-16-4-2-5-17(12-16)27-18-6-7-19(22-13-18)20(24)23-10-9-21(14-23)8-3-11-26-15-21/h2,4-7,12-13H,3,8-11,14-15H2,1H3. The molecule has 0 N–H and O–H groups in total. The average molecular weight is 368 g/mol. The summed E-state index contributed by atoms with van der Waals surface area (Å²) in [6.45, 7) is 3.13. The van der Waals surface area contributed by atoms with E-state index < -0.39 is 0 Å². The Labute approximate surface area is 159 Å². The highest BCUT2D eigenvalue weighted by molar-refractivity contribution is 5.92. The lowest BCUT2D eigenvalue weighted by Crippen LogP contribution is -2.37. The largest absolute Gasteiger partial charge is 0.497 e. The number of nitrogens with zero attached hydrogens (tertiary/aromatic N) is 2. The van der Waals surface area contributed by atoms with Crippen LogP contribution in [0.2, 0.25) is 0 Å². The lowest BCUT2D eigenvalue weighted by molar-refractivity contribution is -0.00163. The van der Waals surface area contributed by atoms with Crippen molar-refractivity contribution in [2.45, 2.75) is 19.3 Å². The second-order valence-corrected chi connectivity index (χ2v) is 7.29. The fourth-order valence-corrected chi connectivity index (χ4v) is 3.87. The number of hydrogen-bond acceptors (Lipinski definition) is 5. The number of pyridine rings is 1. The minimum absolute atomic E-state index is 0.0228. The predicted octanol–water partition coefficient (Wildman–Crippen LogP) is 3.53. The van der Waals surface area contributed by atoms with E-state index in [-0.39, 0.29) is 11.3 Å². The van der Waals surface area contributed by atoms with Gasteiger partial charge in [-0.2, -0.15) is 0 Å². The molecule has 0 aliphatic carbocycles. The molecule has 2 fully saturated rings. The molecule has 1 aromatic carbocycles. The average Bonchev–Trinajstić information content (AvgIpc) is 3.12. The van der Waals surface area contributed by atoms with Gasteiger partial charge in [0.1, 0.15) is 22.9 Å². The monoisotopic (exact) mass is 368 g/mol. The number of hydrogen-bond donors (Lipinski definition) is 0. The molecule has 27 heavy (non-hydrogen) atoms. The third kappa shape index (κ3) is 3.90. The zero-order chi connectivity index (χ0) is 18.7. The van der Waals surface area contributed by atoms with E-state index in [1.165, 1.54) is 0 Å². The topological polar surface area (TPSA) is 60.9 Å². The summed E-state index contributed by atoms with van der Waals surface area (Å²) in [5, 5.41) is 0. The van der Waals surface area contributed by atoms with Crippen LogP contribution < -0.4 is 9.47 Å². The maximum atomic E-state index is 12.8. The van der Waals surface area contributed by atoms with Gasteiger partial charge >= 0.3 is 0 Å². The predicted molar refractivity (Wildman–Crippen MR) is 100 cm³/mol. The number of likely N-dealkylation sites (tertiary alicyclic amines) is 1. The van der Waals surface area contributed by atoms with Crippen LogP contribution in [-0.4, -0.2) is 49.2 Å². The molecule has 3 heterocycles. The van der Waals surface area contributed by atoms with E-state index in [0.717, 1.165) is 51.3 Å². The minimum Gasteiger partial charge on any atom is -0.497 e. The second kappa shape index (κ2) is 7.56. The molecule has 0 saturated carbocycles. The molecule has 2 saturated heterocycles. The Morgan fingerprint density at radius 2 is 2.07 bits per heavy atom. The van der Waals surface area contributed by atoms with Gasteiger partial charge in [-0.25, -0.2) is 4.98 Å². The van der Waals surface area contributed by atoms with E-state index in [2.05, 4.69) is 4.98 Å². The lowest BCUT2D eigenvalue weighted by Gasteiger charge is -2.32. The van der Waals surface area contributed by atoms with Gasteiger partial charge in [0.15, 0.2) is 0 Å². The first-order valence-corrected chi connectivity index (χ1v) is 9.32. The van der Waals surface area contributed by atoms with Gasteiger partial charge in [0.05, 0.1) is 19.9 Å². The number of rotatable bonds is 4. The van der Waals surface area contributed by atoms with E-state index in [4.69, 9.17) is 14.2 Å². The third-order valence-corrected chi connectivity index (χ3v) is 5.36. The first-order chi connectivity index (χ1) is 13.2. The first kappa shape index (κ1) is 17.8. The molecule has 0 bridgehead atoms. The molecule has 2 aromatic rings. The molecule has 4 rings (SSSR count). The molecule has 6 heteroatoms. The van der Waals surface area contributed by atoms with Gasteiger partial charge in [0, 0.05) is 31.2 Å². The summed E-state index contributed by atoms with van der Waals surface area (Å²) < 4.78 is 16.6. The van der Waals surface area contributed by atoms with E-state index in [9.17, 15) is 4.79 Å². The zero-order valence-corrected chi connectivity index (χ0v) is 15.5. The van der Waals surface area contributed by atoms with Crippen LogP contribution in [0, 0.1) is 5.41 Å². The molecule has 1 amide bonds. The van der Waals surface area contributed by atoms with Crippen molar-refractivity contribution in [2.24, 2.45) is 5.41 Å². The number of carbonyl (C=O) groups excluding carboxylic acids is 1. The van der Waals surface area contributed by atoms with Crippen molar-refractivity contribution in [2.75, 3.05) is 33.4 Å². The third-order valence-electron chi connectivity index (χ3n) is 5.36. The molecular weight excluding hydrogens is 344 g/mol. The molecule has 2 aliphatic heterocycles. The molecule has 2 aliphatic rings. The van der Waals surface area contributed by atoms with Gasteiger partial charge in [-0.3, -0.25) is 4.79 Å². The quantitative estimate of drug-likeness (QED) is 0.826. The molecule has 1 spiro atoms. The molecule has 1 aromatic heterocycles. The van der Waals surface area contributed by atoms with Gasteiger partial charge in [-0.15, -0.1) is 0 Å². The Balaban J connectivity index is 1.40. The van der Waals surface area contributed by atoms with E-state index >= 15 is 0 Å². The van der Waals surface area contributed by atoms with Gasteiger partial charge in [-0.1, -0.05) is 6.07 Å². The molecule has 0 radical (unpaired) electrons. The summed E-state index contributed by atoms with van der Waals surface area (Å²) >= 11 is 0. The highest BCUT2D eigenvalue weighted by atomic mass is 16.5. The van der Waals surface area contributed by atoms with Gasteiger partial charge in [0.25, 0.3) is 5.91 Å². The normalized spacial score (nSPS) is 22.0. The van der Waals surface area contributed by atoms with Crippen molar-refractivity contribution in [3.63, 3.8) is 0 Å². The SMILES string of the molecule is COc1cccc(Oc2ccc(C(=O)N3CCC4(CCCOC4)C3)nc2)c1. The number of methoxy groups -OCH3 is 1. The number of benzene rings is 1. The van der Waals surface area contributed by atoms with Crippen LogP contribution >= 0.6 is 0 Å². The van der Waals surface area contributed by atoms with Crippen LogP contribution in [-0.2, 0) is 4.74 Å². The van der Waals surface area contributed by atoms with E-state index in [1.54, 1.807) is 31.5 Å². The number of carbonyl (C=O) groups is 1. The molecule has 6 nitrogen and oxygen atoms in total. The van der Waals surface area contributed by atoms with E-state index in [1.807, 2.05) is 23.1 Å². The highest BCUT2D eigenvalue weighted by Crippen LogP contribution is 2.38.